The van der Waals surface area contributed by atoms with E-state index in [2.05, 4.69) is 122 Å². The molecule has 0 fully saturated rings. The van der Waals surface area contributed by atoms with Crippen molar-refractivity contribution in [2.24, 2.45) is 0 Å². The molecule has 40 heavy (non-hydrogen) atoms. The van der Waals surface area contributed by atoms with Crippen molar-refractivity contribution in [1.82, 2.24) is 0 Å². The molecule has 1 heteroatoms. The van der Waals surface area contributed by atoms with Crippen LogP contribution in [-0.2, 0) is 0 Å². The smallest absolute Gasteiger partial charge is 0.118 e. The monoisotopic (exact) mass is 518 g/mol. The van der Waals surface area contributed by atoms with Crippen LogP contribution in [0.15, 0.2) is 144 Å². The van der Waals surface area contributed by atoms with Gasteiger partial charge in [-0.2, -0.15) is 0 Å². The van der Waals surface area contributed by atoms with Crippen molar-refractivity contribution in [3.05, 3.63) is 160 Å². The minimum atomic E-state index is 0.232. The SMILES string of the molecule is C=C(C)/C=C\C=C/C/C=C(/C1=C=C=c2c(ccc3cc(-c4ccc(OC)cc4)ccc23)=C1)C(C)c1ccccc1. The van der Waals surface area contributed by atoms with Gasteiger partial charge in [-0.25, -0.2) is 0 Å². The van der Waals surface area contributed by atoms with Crippen molar-refractivity contribution in [2.45, 2.75) is 26.2 Å². The van der Waals surface area contributed by atoms with Crippen LogP contribution in [0.1, 0.15) is 31.7 Å². The van der Waals surface area contributed by atoms with Crippen LogP contribution in [0.3, 0.4) is 0 Å². The summed E-state index contributed by atoms with van der Waals surface area (Å²) in [5.74, 6) is 1.09. The lowest BCUT2D eigenvalue weighted by molar-refractivity contribution is 0.415. The Balaban J connectivity index is 1.55. The third-order valence-corrected chi connectivity index (χ3v) is 7.28. The Morgan fingerprint density at radius 1 is 0.900 bits per heavy atom. The zero-order chi connectivity index (χ0) is 27.9. The molecule has 0 N–H and O–H groups in total. The lowest BCUT2D eigenvalue weighted by Gasteiger charge is -2.17. The summed E-state index contributed by atoms with van der Waals surface area (Å²) in [4.78, 5) is 0. The van der Waals surface area contributed by atoms with Crippen molar-refractivity contribution in [2.75, 3.05) is 7.11 Å². The van der Waals surface area contributed by atoms with Gasteiger partial charge in [-0.15, -0.1) is 0 Å². The number of allylic oxidation sites excluding steroid dienone is 8. The van der Waals surface area contributed by atoms with Gasteiger partial charge in [0, 0.05) is 16.7 Å². The van der Waals surface area contributed by atoms with Crippen LogP contribution in [-0.4, -0.2) is 7.11 Å². The Bertz CT molecular complexity index is 1830. The molecule has 196 valence electrons. The van der Waals surface area contributed by atoms with Crippen molar-refractivity contribution in [3.63, 3.8) is 0 Å². The molecular formula is C39H34O. The van der Waals surface area contributed by atoms with E-state index in [0.717, 1.165) is 28.5 Å². The summed E-state index contributed by atoms with van der Waals surface area (Å²) in [5.41, 5.74) is 14.1. The summed E-state index contributed by atoms with van der Waals surface area (Å²) in [5, 5.41) is 4.65. The van der Waals surface area contributed by atoms with Gasteiger partial charge in [0.25, 0.3) is 0 Å². The van der Waals surface area contributed by atoms with Crippen LogP contribution in [0.4, 0.5) is 0 Å². The predicted octanol–water partition coefficient (Wildman–Crippen LogP) is 8.58. The average Bonchev–Trinajstić information content (AvgIpc) is 3.00. The number of fused-ring (bicyclic) bond motifs is 3. The van der Waals surface area contributed by atoms with Gasteiger partial charge in [0.1, 0.15) is 5.75 Å². The molecule has 0 heterocycles. The van der Waals surface area contributed by atoms with Crippen LogP contribution in [0.25, 0.3) is 33.7 Å². The van der Waals surface area contributed by atoms with Gasteiger partial charge in [-0.1, -0.05) is 128 Å². The molecule has 0 bridgehead atoms. The molecule has 0 radical (unpaired) electrons. The summed E-state index contributed by atoms with van der Waals surface area (Å²) in [6, 6.07) is 29.9. The first-order valence-corrected chi connectivity index (χ1v) is 13.7. The zero-order valence-electron chi connectivity index (χ0n) is 23.4. The van der Waals surface area contributed by atoms with E-state index in [1.165, 1.54) is 38.3 Å². The largest absolute Gasteiger partial charge is 0.497 e. The first-order valence-electron chi connectivity index (χ1n) is 13.7. The second-order valence-corrected chi connectivity index (χ2v) is 10.2. The van der Waals surface area contributed by atoms with Crippen LogP contribution in [0, 0.1) is 0 Å². The van der Waals surface area contributed by atoms with Crippen molar-refractivity contribution >= 4 is 22.6 Å². The maximum atomic E-state index is 5.31. The minimum absolute atomic E-state index is 0.232. The Morgan fingerprint density at radius 3 is 2.42 bits per heavy atom. The number of hydrogen-bond donors (Lipinski definition) is 0. The highest BCUT2D eigenvalue weighted by atomic mass is 16.5. The van der Waals surface area contributed by atoms with Gasteiger partial charge >= 0.3 is 0 Å². The Hall–Kier alpha value is -4.80. The highest BCUT2D eigenvalue weighted by Crippen LogP contribution is 2.31. The quantitative estimate of drug-likeness (QED) is 0.159. The second kappa shape index (κ2) is 12.4. The third-order valence-electron chi connectivity index (χ3n) is 7.28. The van der Waals surface area contributed by atoms with Crippen LogP contribution in [0.2, 0.25) is 0 Å². The molecule has 4 aromatic rings. The molecule has 1 nitrogen and oxygen atoms in total. The highest BCUT2D eigenvalue weighted by Gasteiger charge is 2.15. The summed E-state index contributed by atoms with van der Waals surface area (Å²) < 4.78 is 5.31. The van der Waals surface area contributed by atoms with Crippen LogP contribution < -0.4 is 15.2 Å². The molecule has 1 unspecified atom stereocenters. The number of methoxy groups -OCH3 is 1. The number of benzene rings is 4. The molecule has 1 atom stereocenters. The molecule has 1 aliphatic rings. The fourth-order valence-corrected chi connectivity index (χ4v) is 5.06. The van der Waals surface area contributed by atoms with Gasteiger partial charge < -0.3 is 4.74 Å². The summed E-state index contributed by atoms with van der Waals surface area (Å²) in [6.07, 6.45) is 13.7. The van der Waals surface area contributed by atoms with Gasteiger partial charge in [-0.05, 0) is 75.9 Å². The van der Waals surface area contributed by atoms with Gasteiger partial charge in [0.15, 0.2) is 0 Å². The molecule has 4 aromatic carbocycles. The average molecular weight is 519 g/mol. The predicted molar refractivity (Wildman–Crippen MR) is 171 cm³/mol. The molecule has 1 aliphatic carbocycles. The van der Waals surface area contributed by atoms with E-state index < -0.39 is 0 Å². The number of hydrogen-bond acceptors (Lipinski definition) is 1. The van der Waals surface area contributed by atoms with E-state index >= 15 is 0 Å². The highest BCUT2D eigenvalue weighted by molar-refractivity contribution is 5.89. The fraction of sp³-hybridized carbons (Fsp3) is 0.128. The molecule has 0 saturated heterocycles. The molecule has 0 saturated carbocycles. The van der Waals surface area contributed by atoms with E-state index in [4.69, 9.17) is 4.74 Å². The first-order chi connectivity index (χ1) is 19.5. The standard InChI is InChI=1S/C39H34O/c1-28(2)12-8-5-6-11-15-37(29(3)30-13-9-7-10-14-30)33-21-25-39-35(27-33)17-16-34-26-32(20-24-38(34)39)31-18-22-36(40-4)23-19-31/h5-10,12-20,22-24,26-27,29H,1,11H2,2-4H3/b6-5-,12-8-,37-15+. The van der Waals surface area contributed by atoms with Crippen LogP contribution in [0.5, 0.6) is 5.75 Å². The molecule has 5 rings (SSSR count). The second-order valence-electron chi connectivity index (χ2n) is 10.2. The van der Waals surface area contributed by atoms with Crippen molar-refractivity contribution < 1.29 is 4.74 Å². The zero-order valence-corrected chi connectivity index (χ0v) is 23.4. The molecule has 0 amide bonds. The molecular weight excluding hydrogens is 484 g/mol. The topological polar surface area (TPSA) is 9.23 Å². The molecule has 0 aliphatic heterocycles. The lowest BCUT2D eigenvalue weighted by Crippen LogP contribution is -2.25. The maximum absolute atomic E-state index is 5.31. The summed E-state index contributed by atoms with van der Waals surface area (Å²) >= 11 is 0. The van der Waals surface area contributed by atoms with E-state index in [0.29, 0.717) is 0 Å². The van der Waals surface area contributed by atoms with E-state index in [1.807, 2.05) is 31.2 Å². The summed E-state index contributed by atoms with van der Waals surface area (Å²) in [7, 11) is 1.69. The normalized spacial score (nSPS) is 13.6. The maximum Gasteiger partial charge on any atom is 0.118 e. The Morgan fingerprint density at radius 2 is 1.68 bits per heavy atom. The van der Waals surface area contributed by atoms with Gasteiger partial charge in [0.2, 0.25) is 0 Å². The molecule has 0 aromatic heterocycles. The molecule has 0 spiro atoms. The van der Waals surface area contributed by atoms with E-state index in [-0.39, 0.29) is 5.92 Å². The third kappa shape index (κ3) is 6.09. The number of ether oxygens (including phenoxy) is 1. The van der Waals surface area contributed by atoms with E-state index in [1.54, 1.807) is 7.11 Å². The lowest BCUT2D eigenvalue weighted by atomic mass is 9.86. The van der Waals surface area contributed by atoms with E-state index in [9.17, 15) is 0 Å². The fourth-order valence-electron chi connectivity index (χ4n) is 5.06. The number of rotatable bonds is 9. The summed E-state index contributed by atoms with van der Waals surface area (Å²) in [6.45, 7) is 8.19. The van der Waals surface area contributed by atoms with Crippen molar-refractivity contribution in [3.8, 4) is 16.9 Å². The van der Waals surface area contributed by atoms with Crippen molar-refractivity contribution in [1.29, 1.82) is 0 Å². The minimum Gasteiger partial charge on any atom is -0.497 e. The van der Waals surface area contributed by atoms with Crippen LogP contribution >= 0.6 is 0 Å². The Kier molecular flexibility index (Phi) is 8.29. The first kappa shape index (κ1) is 26.8. The van der Waals surface area contributed by atoms with Gasteiger partial charge in [-0.3, -0.25) is 0 Å². The Labute approximate surface area is 237 Å². The van der Waals surface area contributed by atoms with Gasteiger partial charge in [0.05, 0.1) is 7.11 Å².